The maximum atomic E-state index is 13.4. The van der Waals surface area contributed by atoms with Crippen molar-refractivity contribution in [2.45, 2.75) is 37.3 Å². The molecule has 5 N–H and O–H groups in total. The van der Waals surface area contributed by atoms with Crippen LogP contribution in [0.15, 0.2) is 59.5 Å². The molecule has 0 bridgehead atoms. The molecule has 33 heavy (non-hydrogen) atoms. The van der Waals surface area contributed by atoms with Crippen molar-refractivity contribution in [2.24, 2.45) is 5.92 Å². The van der Waals surface area contributed by atoms with Crippen LogP contribution in [0.25, 0.3) is 0 Å². The number of nitrogens with two attached hydrogens (primary N) is 1. The number of amides is 1. The Labute approximate surface area is 194 Å². The molecule has 2 aromatic carbocycles. The van der Waals surface area contributed by atoms with Crippen molar-refractivity contribution < 1.29 is 32.3 Å². The maximum absolute atomic E-state index is 13.4. The van der Waals surface area contributed by atoms with Crippen LogP contribution < -0.4 is 11.1 Å². The largest absolute Gasteiger partial charge is 0.465 e. The quantitative estimate of drug-likeness (QED) is 0.256. The highest BCUT2D eigenvalue weighted by Gasteiger charge is 2.33. The second kappa shape index (κ2) is 12.2. The minimum atomic E-state index is -4.03. The fourth-order valence-corrected chi connectivity index (χ4v) is 5.46. The summed E-state index contributed by atoms with van der Waals surface area (Å²) in [7, 11) is -7.54. The Morgan fingerprint density at radius 2 is 1.73 bits per heavy atom. The molecular formula is C21H30N3O7PS. The summed E-state index contributed by atoms with van der Waals surface area (Å²) in [5, 5.41) is 11.7. The average Bonchev–Trinajstić information content (AvgIpc) is 2.72. The number of anilines is 1. The van der Waals surface area contributed by atoms with Crippen molar-refractivity contribution in [3.05, 3.63) is 60.2 Å². The molecule has 0 aliphatic heterocycles. The minimum absolute atomic E-state index is 0.00134. The number of benzene rings is 2. The zero-order chi connectivity index (χ0) is 24.6. The molecule has 0 heterocycles. The number of carbonyl (C=O) groups is 1. The van der Waals surface area contributed by atoms with Gasteiger partial charge in [-0.05, 0) is 42.2 Å². The van der Waals surface area contributed by atoms with E-state index in [9.17, 15) is 27.8 Å². The minimum Gasteiger partial charge on any atom is -0.465 e. The van der Waals surface area contributed by atoms with Gasteiger partial charge in [0.15, 0.2) is 0 Å². The van der Waals surface area contributed by atoms with Gasteiger partial charge in [0.05, 0.1) is 10.9 Å². The van der Waals surface area contributed by atoms with Crippen molar-refractivity contribution in [3.63, 3.8) is 0 Å². The van der Waals surface area contributed by atoms with Gasteiger partial charge in [0, 0.05) is 18.8 Å². The molecular weight excluding hydrogens is 469 g/mol. The highest BCUT2D eigenvalue weighted by atomic mass is 32.2. The van der Waals surface area contributed by atoms with E-state index in [0.717, 1.165) is 9.87 Å². The van der Waals surface area contributed by atoms with Crippen LogP contribution in [0.5, 0.6) is 0 Å². The first-order valence-electron chi connectivity index (χ1n) is 10.3. The number of nitrogen functional groups attached to an aromatic ring is 1. The summed E-state index contributed by atoms with van der Waals surface area (Å²) < 4.78 is 44.7. The van der Waals surface area contributed by atoms with Crippen molar-refractivity contribution in [2.75, 3.05) is 18.8 Å². The van der Waals surface area contributed by atoms with Gasteiger partial charge in [0.1, 0.15) is 6.10 Å². The average molecular weight is 500 g/mol. The monoisotopic (exact) mass is 499 g/mol. The molecule has 0 spiro atoms. The summed E-state index contributed by atoms with van der Waals surface area (Å²) in [6, 6.07) is 13.6. The summed E-state index contributed by atoms with van der Waals surface area (Å²) >= 11 is 0. The lowest BCUT2D eigenvalue weighted by Gasteiger charge is -2.32. The third kappa shape index (κ3) is 8.45. The van der Waals surface area contributed by atoms with Crippen LogP contribution in [0.4, 0.5) is 10.5 Å². The molecule has 0 aliphatic carbocycles. The van der Waals surface area contributed by atoms with Gasteiger partial charge in [-0.3, -0.25) is 4.57 Å². The number of nitrogens with zero attached hydrogens (tertiary/aromatic N) is 1. The number of nitrogens with one attached hydrogen (secondary N) is 1. The highest BCUT2D eigenvalue weighted by molar-refractivity contribution is 7.89. The molecule has 10 nitrogen and oxygen atoms in total. The van der Waals surface area contributed by atoms with E-state index in [0.29, 0.717) is 5.69 Å². The lowest BCUT2D eigenvalue weighted by molar-refractivity contribution is 0.113. The SMILES string of the molecule is CC(C)CN(C[C@@H](O[PH](=O)O)[C@H](Cc1ccccc1)NC(=O)O)S(=O)(=O)c1ccc(N)cc1. The van der Waals surface area contributed by atoms with Crippen molar-refractivity contribution in [3.8, 4) is 0 Å². The third-order valence-electron chi connectivity index (χ3n) is 4.78. The zero-order valence-corrected chi connectivity index (χ0v) is 20.2. The Bertz CT molecular complexity index is 1030. The molecule has 0 radical (unpaired) electrons. The molecule has 0 saturated carbocycles. The van der Waals surface area contributed by atoms with Gasteiger partial charge >= 0.3 is 14.3 Å². The second-order valence-corrected chi connectivity index (χ2v) is 10.7. The molecule has 2 rings (SSSR count). The lowest BCUT2D eigenvalue weighted by atomic mass is 10.0. The Balaban J connectivity index is 2.43. The first-order chi connectivity index (χ1) is 15.5. The highest BCUT2D eigenvalue weighted by Crippen LogP contribution is 2.26. The summed E-state index contributed by atoms with van der Waals surface area (Å²) in [6.45, 7) is 3.41. The second-order valence-electron chi connectivity index (χ2n) is 7.95. The molecule has 182 valence electrons. The standard InChI is InChI=1S/C21H30N3O7PS/c1-15(2)13-24(33(29,30)18-10-8-17(22)9-11-18)14-20(31-32(27)28)19(23-21(25)26)12-16-6-4-3-5-7-16/h3-11,15,19-20,23,32H,12-14,22H2,1-2H3,(H,25,26)(H,27,28)/t19-,20+/m0/s1. The molecule has 1 amide bonds. The van der Waals surface area contributed by atoms with Gasteiger partial charge in [-0.2, -0.15) is 4.31 Å². The van der Waals surface area contributed by atoms with Gasteiger partial charge < -0.3 is 25.6 Å². The van der Waals surface area contributed by atoms with Crippen LogP contribution in [0, 0.1) is 5.92 Å². The fourth-order valence-electron chi connectivity index (χ4n) is 3.35. The number of hydrogen-bond donors (Lipinski definition) is 4. The van der Waals surface area contributed by atoms with Crippen molar-refractivity contribution >= 4 is 30.1 Å². The van der Waals surface area contributed by atoms with Crippen molar-refractivity contribution in [1.29, 1.82) is 0 Å². The number of rotatable bonds is 12. The van der Waals surface area contributed by atoms with E-state index in [1.165, 1.54) is 24.3 Å². The van der Waals surface area contributed by atoms with E-state index < -0.39 is 36.5 Å². The lowest BCUT2D eigenvalue weighted by Crippen LogP contribution is -2.51. The van der Waals surface area contributed by atoms with Gasteiger partial charge in [0.25, 0.3) is 0 Å². The Kier molecular flexibility index (Phi) is 9.87. The fraction of sp³-hybridized carbons (Fsp3) is 0.381. The molecule has 3 atom stereocenters. The van der Waals surface area contributed by atoms with E-state index in [2.05, 4.69) is 5.32 Å². The van der Waals surface area contributed by atoms with E-state index in [1.807, 2.05) is 13.8 Å². The smallest absolute Gasteiger partial charge is 0.404 e. The summed E-state index contributed by atoms with van der Waals surface area (Å²) in [4.78, 5) is 20.9. The predicted octanol–water partition coefficient (Wildman–Crippen LogP) is 2.56. The first-order valence-corrected chi connectivity index (χ1v) is 13.0. The summed E-state index contributed by atoms with van der Waals surface area (Å²) in [5.74, 6) is -0.0830. The van der Waals surface area contributed by atoms with Crippen LogP contribution in [0.3, 0.4) is 0 Å². The Morgan fingerprint density at radius 3 is 2.24 bits per heavy atom. The van der Waals surface area contributed by atoms with Crippen molar-refractivity contribution in [1.82, 2.24) is 9.62 Å². The molecule has 0 saturated heterocycles. The molecule has 1 unspecified atom stereocenters. The number of hydrogen-bond acceptors (Lipinski definition) is 6. The van der Waals surface area contributed by atoms with Gasteiger partial charge in [-0.15, -0.1) is 0 Å². The maximum Gasteiger partial charge on any atom is 0.404 e. The molecule has 12 heteroatoms. The number of sulfonamides is 1. The van der Waals surface area contributed by atoms with Gasteiger partial charge in [-0.25, -0.2) is 13.2 Å². The van der Waals surface area contributed by atoms with Gasteiger partial charge in [-0.1, -0.05) is 44.2 Å². The van der Waals surface area contributed by atoms with E-state index in [-0.39, 0.29) is 30.3 Å². The van der Waals surface area contributed by atoms with Crippen LogP contribution >= 0.6 is 8.25 Å². The van der Waals surface area contributed by atoms with Crippen LogP contribution in [-0.2, 0) is 25.5 Å². The first kappa shape index (κ1) is 26.8. The van der Waals surface area contributed by atoms with Gasteiger partial charge in [0.2, 0.25) is 10.0 Å². The van der Waals surface area contributed by atoms with E-state index in [1.54, 1.807) is 30.3 Å². The Hall–Kier alpha value is -2.43. The van der Waals surface area contributed by atoms with Crippen LogP contribution in [0.1, 0.15) is 19.4 Å². The Morgan fingerprint density at radius 1 is 1.12 bits per heavy atom. The van der Waals surface area contributed by atoms with E-state index in [4.69, 9.17) is 10.3 Å². The summed E-state index contributed by atoms with van der Waals surface area (Å²) in [6.07, 6.45) is -2.45. The third-order valence-corrected chi connectivity index (χ3v) is 7.13. The van der Waals surface area contributed by atoms with Crippen LogP contribution in [-0.4, -0.2) is 54.1 Å². The topological polar surface area (TPSA) is 159 Å². The molecule has 2 aromatic rings. The molecule has 0 aliphatic rings. The van der Waals surface area contributed by atoms with Crippen LogP contribution in [0.2, 0.25) is 0 Å². The summed E-state index contributed by atoms with van der Waals surface area (Å²) in [5.41, 5.74) is 6.82. The number of carboxylic acid groups (broad SMARTS) is 1. The molecule has 0 fully saturated rings. The van der Waals surface area contributed by atoms with E-state index >= 15 is 0 Å². The predicted molar refractivity (Wildman–Crippen MR) is 126 cm³/mol. The normalized spacial score (nSPS) is 14.7. The molecule has 0 aromatic heterocycles. The zero-order valence-electron chi connectivity index (χ0n) is 18.4.